The second-order valence-corrected chi connectivity index (χ2v) is 7.07. The third kappa shape index (κ3) is 6.11. The maximum atomic E-state index is 12.2. The van der Waals surface area contributed by atoms with Gasteiger partial charge in [-0.25, -0.2) is 4.79 Å². The van der Waals surface area contributed by atoms with E-state index >= 15 is 0 Å². The highest BCUT2D eigenvalue weighted by Crippen LogP contribution is 2.25. The molecule has 24 heavy (non-hydrogen) atoms. The first-order valence-electron chi connectivity index (χ1n) is 7.95. The predicted octanol–water partition coefficient (Wildman–Crippen LogP) is 3.85. The molecule has 1 fully saturated rings. The van der Waals surface area contributed by atoms with E-state index < -0.39 is 11.7 Å². The van der Waals surface area contributed by atoms with E-state index in [0.717, 1.165) is 25.7 Å². The zero-order chi connectivity index (χ0) is 17.5. The Morgan fingerprint density at radius 1 is 1.21 bits per heavy atom. The number of esters is 1. The summed E-state index contributed by atoms with van der Waals surface area (Å²) < 4.78 is 29.4. The van der Waals surface area contributed by atoms with Gasteiger partial charge in [0.05, 0.1) is 5.56 Å². The standard InChI is InChI=1S/C17H21F2NO3S/c1-11-2-6-13(7-3-11)20-15(21)10-23-16(22)12-4-8-14(9-5-12)24-17(18)19/h4-5,8-9,11,13,17H,2-3,6-7,10H2,1H3,(H,20,21). The predicted molar refractivity (Wildman–Crippen MR) is 88.1 cm³/mol. The van der Waals surface area contributed by atoms with Crippen molar-refractivity contribution in [2.75, 3.05) is 6.61 Å². The number of hydrogen-bond donors (Lipinski definition) is 1. The van der Waals surface area contributed by atoms with Gasteiger partial charge in [-0.1, -0.05) is 18.7 Å². The molecule has 0 bridgehead atoms. The lowest BCUT2D eigenvalue weighted by molar-refractivity contribution is -0.125. The fourth-order valence-electron chi connectivity index (χ4n) is 2.66. The SMILES string of the molecule is CC1CCC(NC(=O)COC(=O)c2ccc(SC(F)F)cc2)CC1. The lowest BCUT2D eigenvalue weighted by atomic mass is 9.87. The molecule has 0 aliphatic heterocycles. The number of carbonyl (C=O) groups excluding carboxylic acids is 2. The molecule has 1 N–H and O–H groups in total. The van der Waals surface area contributed by atoms with Gasteiger partial charge in [-0.15, -0.1) is 0 Å². The number of rotatable bonds is 6. The molecule has 0 heterocycles. The molecule has 0 saturated heterocycles. The minimum atomic E-state index is -2.51. The highest BCUT2D eigenvalue weighted by atomic mass is 32.2. The van der Waals surface area contributed by atoms with E-state index in [0.29, 0.717) is 22.6 Å². The molecular formula is C17H21F2NO3S. The van der Waals surface area contributed by atoms with E-state index in [2.05, 4.69) is 12.2 Å². The first-order chi connectivity index (χ1) is 11.4. The lowest BCUT2D eigenvalue weighted by Crippen LogP contribution is -2.39. The molecule has 1 amide bonds. The molecule has 1 aliphatic rings. The van der Waals surface area contributed by atoms with Crippen LogP contribution in [0.25, 0.3) is 0 Å². The van der Waals surface area contributed by atoms with E-state index in [4.69, 9.17) is 4.74 Å². The number of amides is 1. The average Bonchev–Trinajstić information content (AvgIpc) is 2.55. The molecule has 1 aromatic rings. The third-order valence-corrected chi connectivity index (χ3v) is 4.75. The summed E-state index contributed by atoms with van der Waals surface area (Å²) in [6.45, 7) is 1.86. The fraction of sp³-hybridized carbons (Fsp3) is 0.529. The quantitative estimate of drug-likeness (QED) is 0.621. The summed E-state index contributed by atoms with van der Waals surface area (Å²) >= 11 is 0.407. The highest BCUT2D eigenvalue weighted by molar-refractivity contribution is 7.99. The Morgan fingerprint density at radius 3 is 2.42 bits per heavy atom. The Bertz CT molecular complexity index is 557. The molecule has 2 rings (SSSR count). The molecule has 4 nitrogen and oxygen atoms in total. The summed E-state index contributed by atoms with van der Waals surface area (Å²) in [6, 6.07) is 5.83. The third-order valence-electron chi connectivity index (χ3n) is 4.03. The Labute approximate surface area is 144 Å². The summed E-state index contributed by atoms with van der Waals surface area (Å²) in [6.07, 6.45) is 4.08. The zero-order valence-corrected chi connectivity index (χ0v) is 14.3. The number of halogens is 2. The molecule has 0 aromatic heterocycles. The van der Waals surface area contributed by atoms with Gasteiger partial charge >= 0.3 is 5.97 Å². The van der Waals surface area contributed by atoms with E-state index in [9.17, 15) is 18.4 Å². The van der Waals surface area contributed by atoms with Crippen molar-refractivity contribution < 1.29 is 23.1 Å². The number of hydrogen-bond acceptors (Lipinski definition) is 4. The van der Waals surface area contributed by atoms with Gasteiger partial charge in [0.2, 0.25) is 0 Å². The Hall–Kier alpha value is -1.63. The van der Waals surface area contributed by atoms with E-state index in [1.807, 2.05) is 0 Å². The number of ether oxygens (including phenoxy) is 1. The molecule has 1 saturated carbocycles. The normalized spacial score (nSPS) is 20.7. The van der Waals surface area contributed by atoms with Crippen molar-refractivity contribution in [2.24, 2.45) is 5.92 Å². The van der Waals surface area contributed by atoms with E-state index in [-0.39, 0.29) is 24.1 Å². The first-order valence-corrected chi connectivity index (χ1v) is 8.83. The summed E-state index contributed by atoms with van der Waals surface area (Å²) in [5, 5.41) is 2.87. The van der Waals surface area contributed by atoms with Crippen molar-refractivity contribution in [3.63, 3.8) is 0 Å². The minimum absolute atomic E-state index is 0.151. The van der Waals surface area contributed by atoms with E-state index in [1.165, 1.54) is 24.3 Å². The molecule has 132 valence electrons. The van der Waals surface area contributed by atoms with Gasteiger partial charge in [0.15, 0.2) is 6.61 Å². The largest absolute Gasteiger partial charge is 0.452 e. The van der Waals surface area contributed by atoms with Gasteiger partial charge < -0.3 is 10.1 Å². The van der Waals surface area contributed by atoms with Crippen LogP contribution < -0.4 is 5.32 Å². The van der Waals surface area contributed by atoms with Gasteiger partial charge in [-0.05, 0) is 55.9 Å². The smallest absolute Gasteiger partial charge is 0.338 e. The monoisotopic (exact) mass is 357 g/mol. The van der Waals surface area contributed by atoms with Crippen LogP contribution in [-0.4, -0.2) is 30.3 Å². The second-order valence-electron chi connectivity index (χ2n) is 6.00. The summed E-state index contributed by atoms with van der Waals surface area (Å²) in [4.78, 5) is 24.1. The number of benzene rings is 1. The minimum Gasteiger partial charge on any atom is -0.452 e. The molecule has 7 heteroatoms. The summed E-state index contributed by atoms with van der Waals surface area (Å²) in [5.74, 6) is -2.76. The number of carbonyl (C=O) groups is 2. The van der Waals surface area contributed by atoms with Crippen LogP contribution in [0.3, 0.4) is 0 Å². The van der Waals surface area contributed by atoms with Gasteiger partial charge in [0, 0.05) is 10.9 Å². The fourth-order valence-corrected chi connectivity index (χ4v) is 3.16. The van der Waals surface area contributed by atoms with E-state index in [1.54, 1.807) is 0 Å². The molecule has 1 aromatic carbocycles. The molecule has 0 unspecified atom stereocenters. The van der Waals surface area contributed by atoms with Gasteiger partial charge in [0.25, 0.3) is 11.7 Å². The maximum Gasteiger partial charge on any atom is 0.338 e. The van der Waals surface area contributed by atoms with Crippen LogP contribution in [0.15, 0.2) is 29.2 Å². The van der Waals surface area contributed by atoms with Crippen LogP contribution in [0.1, 0.15) is 43.0 Å². The van der Waals surface area contributed by atoms with Crippen LogP contribution in [-0.2, 0) is 9.53 Å². The molecule has 0 spiro atoms. The van der Waals surface area contributed by atoms with Crippen molar-refractivity contribution in [2.45, 2.75) is 49.3 Å². The molecule has 0 radical (unpaired) electrons. The average molecular weight is 357 g/mol. The zero-order valence-electron chi connectivity index (χ0n) is 13.5. The van der Waals surface area contributed by atoms with Crippen molar-refractivity contribution in [3.05, 3.63) is 29.8 Å². The Kier molecular flexibility index (Phi) is 7.02. The maximum absolute atomic E-state index is 12.2. The summed E-state index contributed by atoms with van der Waals surface area (Å²) in [5.41, 5.74) is 0.230. The van der Waals surface area contributed by atoms with Crippen LogP contribution in [0.2, 0.25) is 0 Å². The topological polar surface area (TPSA) is 55.4 Å². The molecular weight excluding hydrogens is 336 g/mol. The van der Waals surface area contributed by atoms with Crippen molar-refractivity contribution >= 4 is 23.6 Å². The number of thioether (sulfide) groups is 1. The van der Waals surface area contributed by atoms with Crippen molar-refractivity contribution in [3.8, 4) is 0 Å². The number of alkyl halides is 2. The van der Waals surface area contributed by atoms with Crippen LogP contribution in [0, 0.1) is 5.92 Å². The van der Waals surface area contributed by atoms with Gasteiger partial charge in [-0.3, -0.25) is 4.79 Å². The highest BCUT2D eigenvalue weighted by Gasteiger charge is 2.20. The second kappa shape index (κ2) is 9.01. The van der Waals surface area contributed by atoms with Gasteiger partial charge in [-0.2, -0.15) is 8.78 Å². The van der Waals surface area contributed by atoms with Crippen molar-refractivity contribution in [1.29, 1.82) is 0 Å². The first kappa shape index (κ1) is 18.7. The Morgan fingerprint density at radius 2 is 1.83 bits per heavy atom. The molecule has 1 aliphatic carbocycles. The lowest BCUT2D eigenvalue weighted by Gasteiger charge is -2.26. The van der Waals surface area contributed by atoms with Crippen molar-refractivity contribution in [1.82, 2.24) is 5.32 Å². The summed E-state index contributed by atoms with van der Waals surface area (Å²) in [7, 11) is 0. The van der Waals surface area contributed by atoms with Gasteiger partial charge in [0.1, 0.15) is 0 Å². The van der Waals surface area contributed by atoms with Crippen LogP contribution >= 0.6 is 11.8 Å². The van der Waals surface area contributed by atoms with Crippen LogP contribution in [0.4, 0.5) is 8.78 Å². The number of nitrogens with one attached hydrogen (secondary N) is 1. The molecule has 0 atom stereocenters. The Balaban J connectivity index is 1.74. The van der Waals surface area contributed by atoms with Crippen LogP contribution in [0.5, 0.6) is 0 Å².